The molecule has 1 aromatic heterocycles. The zero-order valence-electron chi connectivity index (χ0n) is 12.8. The van der Waals surface area contributed by atoms with Crippen LogP contribution in [0.1, 0.15) is 18.9 Å². The smallest absolute Gasteiger partial charge is 0.293 e. The first kappa shape index (κ1) is 15.4. The Hall–Kier alpha value is -2.45. The van der Waals surface area contributed by atoms with Crippen LogP contribution in [-0.2, 0) is 11.3 Å². The molecule has 5 heteroatoms. The van der Waals surface area contributed by atoms with E-state index in [2.05, 4.69) is 5.92 Å². The predicted molar refractivity (Wildman–Crippen MR) is 93.7 cm³/mol. The number of carbonyl (C=O) groups is 2. The first-order chi connectivity index (χ1) is 11.2. The third-order valence-corrected chi connectivity index (χ3v) is 4.60. The molecule has 0 spiro atoms. The Balaban J connectivity index is 2.03. The van der Waals surface area contributed by atoms with Gasteiger partial charge in [-0.3, -0.25) is 14.5 Å². The van der Waals surface area contributed by atoms with E-state index in [-0.39, 0.29) is 11.1 Å². The molecule has 0 radical (unpaired) electrons. The number of terminal acetylenes is 1. The second-order valence-corrected chi connectivity index (χ2v) is 6.26. The number of hydrogen-bond acceptors (Lipinski definition) is 3. The third kappa shape index (κ3) is 2.78. The molecule has 2 aromatic rings. The molecule has 1 aromatic carbocycles. The molecule has 0 aliphatic carbocycles. The summed E-state index contributed by atoms with van der Waals surface area (Å²) < 4.78 is 1.97. The molecule has 0 unspecified atom stereocenters. The molecule has 0 saturated carbocycles. The Kier molecular flexibility index (Phi) is 4.26. The summed E-state index contributed by atoms with van der Waals surface area (Å²) in [5, 5.41) is 0.820. The fraction of sp³-hybridized carbons (Fsp3) is 0.222. The summed E-state index contributed by atoms with van der Waals surface area (Å²) in [6.07, 6.45) is 9.89. The summed E-state index contributed by atoms with van der Waals surface area (Å²) in [4.78, 5) is 26.1. The van der Waals surface area contributed by atoms with Crippen molar-refractivity contribution in [2.24, 2.45) is 0 Å². The molecule has 116 valence electrons. The molecule has 23 heavy (non-hydrogen) atoms. The molecule has 2 heterocycles. The average molecular weight is 324 g/mol. The normalized spacial score (nSPS) is 16.5. The molecule has 1 saturated heterocycles. The molecule has 0 N–H and O–H groups in total. The number of hydrogen-bond donors (Lipinski definition) is 0. The van der Waals surface area contributed by atoms with Crippen LogP contribution in [0, 0.1) is 12.3 Å². The number of benzene rings is 1. The van der Waals surface area contributed by atoms with Crippen molar-refractivity contribution in [1.29, 1.82) is 0 Å². The molecule has 1 fully saturated rings. The average Bonchev–Trinajstić information content (AvgIpc) is 3.02. The third-order valence-electron chi connectivity index (χ3n) is 3.69. The molecule has 0 bridgehead atoms. The van der Waals surface area contributed by atoms with Gasteiger partial charge < -0.3 is 4.57 Å². The van der Waals surface area contributed by atoms with E-state index in [4.69, 9.17) is 6.42 Å². The van der Waals surface area contributed by atoms with Gasteiger partial charge in [-0.2, -0.15) is 0 Å². The summed E-state index contributed by atoms with van der Waals surface area (Å²) in [5.41, 5.74) is 1.92. The summed E-state index contributed by atoms with van der Waals surface area (Å²) in [6.45, 7) is 2.87. The molecule has 0 atom stereocenters. The number of para-hydroxylation sites is 1. The Bertz CT molecular complexity index is 858. The lowest BCUT2D eigenvalue weighted by molar-refractivity contribution is -0.122. The monoisotopic (exact) mass is 324 g/mol. The minimum atomic E-state index is -0.212. The number of amides is 2. The van der Waals surface area contributed by atoms with Crippen molar-refractivity contribution in [3.8, 4) is 12.3 Å². The van der Waals surface area contributed by atoms with Gasteiger partial charge in [0.2, 0.25) is 0 Å². The first-order valence-electron chi connectivity index (χ1n) is 7.42. The molecular weight excluding hydrogens is 308 g/mol. The number of nitrogens with zero attached hydrogens (tertiary/aromatic N) is 2. The predicted octanol–water partition coefficient (Wildman–Crippen LogP) is 3.72. The van der Waals surface area contributed by atoms with Crippen LogP contribution in [0.3, 0.4) is 0 Å². The van der Waals surface area contributed by atoms with Crippen LogP contribution >= 0.6 is 11.8 Å². The van der Waals surface area contributed by atoms with Crippen LogP contribution < -0.4 is 0 Å². The highest BCUT2D eigenvalue weighted by atomic mass is 32.2. The molecular formula is C18H16N2O2S. The van der Waals surface area contributed by atoms with Crippen molar-refractivity contribution in [3.05, 3.63) is 40.9 Å². The zero-order valence-corrected chi connectivity index (χ0v) is 13.6. The molecule has 1 aliphatic heterocycles. The van der Waals surface area contributed by atoms with Gasteiger partial charge in [0, 0.05) is 29.2 Å². The molecule has 3 rings (SSSR count). The van der Waals surface area contributed by atoms with Crippen LogP contribution in [0.15, 0.2) is 35.4 Å². The quantitative estimate of drug-likeness (QED) is 0.636. The molecule has 4 nitrogen and oxygen atoms in total. The van der Waals surface area contributed by atoms with Crippen LogP contribution in [0.4, 0.5) is 4.79 Å². The van der Waals surface area contributed by atoms with Gasteiger partial charge in [-0.05, 0) is 30.3 Å². The highest BCUT2D eigenvalue weighted by molar-refractivity contribution is 8.18. The number of fused-ring (bicyclic) bond motifs is 1. The Morgan fingerprint density at radius 2 is 2.09 bits per heavy atom. The maximum atomic E-state index is 12.4. The van der Waals surface area contributed by atoms with E-state index in [0.29, 0.717) is 18.0 Å². The number of rotatable bonds is 4. The van der Waals surface area contributed by atoms with Gasteiger partial charge in [0.25, 0.3) is 11.1 Å². The minimum absolute atomic E-state index is 0.199. The van der Waals surface area contributed by atoms with E-state index >= 15 is 0 Å². The van der Waals surface area contributed by atoms with E-state index in [1.165, 1.54) is 4.90 Å². The maximum absolute atomic E-state index is 12.4. The van der Waals surface area contributed by atoms with Crippen molar-refractivity contribution in [3.63, 3.8) is 0 Å². The summed E-state index contributed by atoms with van der Waals surface area (Å²) in [6, 6.07) is 7.88. The standard InChI is InChI=1S/C18H16N2O2S/c1-3-9-19-12-13(14-7-5-6-8-15(14)19)11-16-17(21)20(10-4-2)18(22)23-16/h1,5-8,11-12H,4,9-10H2,2H3/b16-11+. The summed E-state index contributed by atoms with van der Waals surface area (Å²) in [5.74, 6) is 2.42. The number of imide groups is 1. The Labute approximate surface area is 139 Å². The van der Waals surface area contributed by atoms with Crippen molar-refractivity contribution in [2.45, 2.75) is 19.9 Å². The lowest BCUT2D eigenvalue weighted by Crippen LogP contribution is -2.28. The van der Waals surface area contributed by atoms with Gasteiger partial charge in [-0.1, -0.05) is 31.0 Å². The second-order valence-electron chi connectivity index (χ2n) is 5.27. The van der Waals surface area contributed by atoms with Gasteiger partial charge >= 0.3 is 0 Å². The number of aromatic nitrogens is 1. The van der Waals surface area contributed by atoms with Crippen molar-refractivity contribution in [1.82, 2.24) is 9.47 Å². The van der Waals surface area contributed by atoms with Crippen molar-refractivity contribution < 1.29 is 9.59 Å². The van der Waals surface area contributed by atoms with Gasteiger partial charge in [-0.25, -0.2) is 0 Å². The highest BCUT2D eigenvalue weighted by Gasteiger charge is 2.34. The van der Waals surface area contributed by atoms with E-state index in [1.54, 1.807) is 6.08 Å². The summed E-state index contributed by atoms with van der Waals surface area (Å²) >= 11 is 0.997. The van der Waals surface area contributed by atoms with Gasteiger partial charge in [0.1, 0.15) is 0 Å². The van der Waals surface area contributed by atoms with Crippen molar-refractivity contribution in [2.75, 3.05) is 6.54 Å². The van der Waals surface area contributed by atoms with E-state index in [1.807, 2.05) is 42.0 Å². The second kappa shape index (κ2) is 6.35. The highest BCUT2D eigenvalue weighted by Crippen LogP contribution is 2.34. The van der Waals surface area contributed by atoms with Crippen molar-refractivity contribution >= 4 is 39.9 Å². The lowest BCUT2D eigenvalue weighted by Gasteiger charge is -2.09. The van der Waals surface area contributed by atoms with E-state index < -0.39 is 0 Å². The molecule has 1 aliphatic rings. The maximum Gasteiger partial charge on any atom is 0.293 e. The van der Waals surface area contributed by atoms with Crippen LogP contribution in [0.25, 0.3) is 17.0 Å². The van der Waals surface area contributed by atoms with Gasteiger partial charge in [0.05, 0.1) is 11.4 Å². The van der Waals surface area contributed by atoms with Crippen LogP contribution in [0.5, 0.6) is 0 Å². The van der Waals surface area contributed by atoms with E-state index in [9.17, 15) is 9.59 Å². The minimum Gasteiger partial charge on any atom is -0.335 e. The fourth-order valence-corrected chi connectivity index (χ4v) is 3.53. The fourth-order valence-electron chi connectivity index (χ4n) is 2.68. The van der Waals surface area contributed by atoms with Gasteiger partial charge in [0.15, 0.2) is 0 Å². The zero-order chi connectivity index (χ0) is 16.4. The van der Waals surface area contributed by atoms with Crippen LogP contribution in [-0.4, -0.2) is 27.2 Å². The van der Waals surface area contributed by atoms with E-state index in [0.717, 1.165) is 34.6 Å². The topological polar surface area (TPSA) is 42.3 Å². The molecule has 2 amide bonds. The van der Waals surface area contributed by atoms with Crippen LogP contribution in [0.2, 0.25) is 0 Å². The Morgan fingerprint density at radius 3 is 2.83 bits per heavy atom. The largest absolute Gasteiger partial charge is 0.335 e. The lowest BCUT2D eigenvalue weighted by atomic mass is 10.1. The number of thioether (sulfide) groups is 1. The Morgan fingerprint density at radius 1 is 1.30 bits per heavy atom. The van der Waals surface area contributed by atoms with Gasteiger partial charge in [-0.15, -0.1) is 6.42 Å². The summed E-state index contributed by atoms with van der Waals surface area (Å²) in [7, 11) is 0. The first-order valence-corrected chi connectivity index (χ1v) is 8.24. The number of carbonyl (C=O) groups excluding carboxylic acids is 2. The SMILES string of the molecule is C#CCn1cc(/C=C2/SC(=O)N(CCC)C2=O)c2ccccc21.